The molecule has 0 unspecified atom stereocenters. The minimum absolute atomic E-state index is 0.0743. The van der Waals surface area contributed by atoms with Gasteiger partial charge in [-0.05, 0) is 13.3 Å². The highest BCUT2D eigenvalue weighted by Crippen LogP contribution is 2.18. The number of nitrogens with one attached hydrogen (secondary N) is 1. The van der Waals surface area contributed by atoms with E-state index in [2.05, 4.69) is 15.5 Å². The van der Waals surface area contributed by atoms with Crippen LogP contribution in [0.1, 0.15) is 25.6 Å². The van der Waals surface area contributed by atoms with E-state index in [-0.39, 0.29) is 5.91 Å². The van der Waals surface area contributed by atoms with Gasteiger partial charge in [0.05, 0.1) is 6.54 Å². The topological polar surface area (TPSA) is 85.8 Å². The van der Waals surface area contributed by atoms with Gasteiger partial charge < -0.3 is 15.6 Å². The highest BCUT2D eigenvalue weighted by molar-refractivity contribution is 7.99. The van der Waals surface area contributed by atoms with Crippen molar-refractivity contribution in [2.24, 2.45) is 5.73 Å². The van der Waals surface area contributed by atoms with Crippen LogP contribution in [0.4, 0.5) is 0 Å². The fraction of sp³-hybridized carbons (Fsp3) is 0.700. The van der Waals surface area contributed by atoms with Crippen molar-refractivity contribution in [3.05, 3.63) is 5.82 Å². The van der Waals surface area contributed by atoms with Crippen molar-refractivity contribution in [3.63, 3.8) is 0 Å². The Bertz CT molecular complexity index is 366. The molecule has 1 aromatic heterocycles. The zero-order valence-electron chi connectivity index (χ0n) is 10.3. The van der Waals surface area contributed by atoms with Crippen LogP contribution in [0.3, 0.4) is 0 Å². The molecule has 0 aliphatic carbocycles. The van der Waals surface area contributed by atoms with Gasteiger partial charge in [0.15, 0.2) is 5.16 Å². The fourth-order valence-corrected chi connectivity index (χ4v) is 2.38. The Morgan fingerprint density at radius 3 is 2.88 bits per heavy atom. The maximum atomic E-state index is 11.0. The van der Waals surface area contributed by atoms with Crippen LogP contribution >= 0.6 is 11.8 Å². The molecular weight excluding hydrogens is 238 g/mol. The lowest BCUT2D eigenvalue weighted by atomic mass is 10.3. The van der Waals surface area contributed by atoms with Crippen molar-refractivity contribution in [2.75, 3.05) is 12.8 Å². The Morgan fingerprint density at radius 1 is 1.53 bits per heavy atom. The van der Waals surface area contributed by atoms with E-state index in [0.29, 0.717) is 13.0 Å². The first-order chi connectivity index (χ1) is 8.22. The van der Waals surface area contributed by atoms with E-state index in [9.17, 15) is 4.79 Å². The zero-order chi connectivity index (χ0) is 12.7. The number of rotatable bonds is 7. The summed E-state index contributed by atoms with van der Waals surface area (Å²) in [4.78, 5) is 11.0. The van der Waals surface area contributed by atoms with Crippen LogP contribution in [0.15, 0.2) is 5.16 Å². The first kappa shape index (κ1) is 14.0. The van der Waals surface area contributed by atoms with E-state index < -0.39 is 0 Å². The van der Waals surface area contributed by atoms with Gasteiger partial charge in [-0.25, -0.2) is 0 Å². The monoisotopic (exact) mass is 257 g/mol. The van der Waals surface area contributed by atoms with Gasteiger partial charge >= 0.3 is 0 Å². The summed E-state index contributed by atoms with van der Waals surface area (Å²) in [5, 5.41) is 11.6. The molecule has 0 aliphatic heterocycles. The first-order valence-corrected chi connectivity index (χ1v) is 6.67. The Hall–Kier alpha value is -1.08. The SMILES string of the molecule is CCn1c(CN)nnc1SCCCC(=O)NC. The maximum absolute atomic E-state index is 11.0. The predicted molar refractivity (Wildman–Crippen MR) is 67.6 cm³/mol. The highest BCUT2D eigenvalue weighted by atomic mass is 32.2. The van der Waals surface area contributed by atoms with Crippen molar-refractivity contribution in [2.45, 2.75) is 38.0 Å². The maximum Gasteiger partial charge on any atom is 0.219 e. The summed E-state index contributed by atoms with van der Waals surface area (Å²) >= 11 is 1.61. The molecule has 0 radical (unpaired) electrons. The third kappa shape index (κ3) is 4.01. The Balaban J connectivity index is 2.41. The smallest absolute Gasteiger partial charge is 0.219 e. The van der Waals surface area contributed by atoms with Gasteiger partial charge in [0.1, 0.15) is 5.82 Å². The van der Waals surface area contributed by atoms with Crippen LogP contribution in [0.5, 0.6) is 0 Å². The third-order valence-corrected chi connectivity index (χ3v) is 3.40. The molecule has 0 spiro atoms. The van der Waals surface area contributed by atoms with E-state index in [4.69, 9.17) is 5.73 Å². The summed E-state index contributed by atoms with van der Waals surface area (Å²) < 4.78 is 2.00. The lowest BCUT2D eigenvalue weighted by molar-refractivity contribution is -0.120. The molecule has 0 aromatic carbocycles. The lowest BCUT2D eigenvalue weighted by Gasteiger charge is -2.05. The fourth-order valence-electron chi connectivity index (χ4n) is 1.42. The Morgan fingerprint density at radius 2 is 2.29 bits per heavy atom. The molecular formula is C10H19N5OS. The van der Waals surface area contributed by atoms with Crippen LogP contribution in [0.2, 0.25) is 0 Å². The lowest BCUT2D eigenvalue weighted by Crippen LogP contribution is -2.17. The molecule has 3 N–H and O–H groups in total. The highest BCUT2D eigenvalue weighted by Gasteiger charge is 2.09. The predicted octanol–water partition coefficient (Wildman–Crippen LogP) is 0.375. The van der Waals surface area contributed by atoms with E-state index in [1.165, 1.54) is 0 Å². The van der Waals surface area contributed by atoms with Crippen LogP contribution in [-0.2, 0) is 17.9 Å². The largest absolute Gasteiger partial charge is 0.359 e. The summed E-state index contributed by atoms with van der Waals surface area (Å²) in [6.07, 6.45) is 1.38. The van der Waals surface area contributed by atoms with Gasteiger partial charge in [0, 0.05) is 25.8 Å². The van der Waals surface area contributed by atoms with E-state index in [1.54, 1.807) is 18.8 Å². The Kier molecular flexibility index (Phi) is 5.99. The van der Waals surface area contributed by atoms with Crippen molar-refractivity contribution in [1.82, 2.24) is 20.1 Å². The number of hydrogen-bond acceptors (Lipinski definition) is 5. The molecule has 6 nitrogen and oxygen atoms in total. The number of aromatic nitrogens is 3. The summed E-state index contributed by atoms with van der Waals surface area (Å²) in [7, 11) is 1.65. The molecule has 0 saturated carbocycles. The summed E-state index contributed by atoms with van der Waals surface area (Å²) in [5.41, 5.74) is 5.57. The molecule has 0 saturated heterocycles. The zero-order valence-corrected chi connectivity index (χ0v) is 11.1. The second-order valence-corrected chi connectivity index (χ2v) is 4.53. The number of carbonyl (C=O) groups is 1. The Labute approximate surface area is 105 Å². The van der Waals surface area contributed by atoms with Crippen molar-refractivity contribution in [3.8, 4) is 0 Å². The quantitative estimate of drug-likeness (QED) is 0.544. The first-order valence-electron chi connectivity index (χ1n) is 5.68. The van der Waals surface area contributed by atoms with Crippen LogP contribution < -0.4 is 11.1 Å². The van der Waals surface area contributed by atoms with Crippen LogP contribution in [0.25, 0.3) is 0 Å². The summed E-state index contributed by atoms with van der Waals surface area (Å²) in [6.45, 7) is 3.26. The van der Waals surface area contributed by atoms with Crippen molar-refractivity contribution in [1.29, 1.82) is 0 Å². The minimum Gasteiger partial charge on any atom is -0.359 e. The summed E-state index contributed by atoms with van der Waals surface area (Å²) in [5.74, 6) is 1.74. The molecule has 0 bridgehead atoms. The summed E-state index contributed by atoms with van der Waals surface area (Å²) in [6, 6.07) is 0. The second-order valence-electron chi connectivity index (χ2n) is 3.47. The van der Waals surface area contributed by atoms with E-state index in [0.717, 1.165) is 29.7 Å². The molecule has 1 rings (SSSR count). The number of nitrogens with zero attached hydrogens (tertiary/aromatic N) is 3. The van der Waals surface area contributed by atoms with Crippen molar-refractivity contribution >= 4 is 17.7 Å². The number of thioether (sulfide) groups is 1. The number of carbonyl (C=O) groups excluding carboxylic acids is 1. The molecule has 0 aliphatic rings. The average molecular weight is 257 g/mol. The minimum atomic E-state index is 0.0743. The van der Waals surface area contributed by atoms with Crippen molar-refractivity contribution < 1.29 is 4.79 Å². The number of nitrogens with two attached hydrogens (primary N) is 1. The molecule has 0 atom stereocenters. The molecule has 0 fully saturated rings. The van der Waals surface area contributed by atoms with Crippen LogP contribution in [-0.4, -0.2) is 33.5 Å². The number of hydrogen-bond donors (Lipinski definition) is 2. The van der Waals surface area contributed by atoms with E-state index in [1.807, 2.05) is 11.5 Å². The second kappa shape index (κ2) is 7.29. The third-order valence-electron chi connectivity index (χ3n) is 2.35. The standard InChI is InChI=1S/C10H19N5OS/c1-3-15-8(7-11)13-14-10(15)17-6-4-5-9(16)12-2/h3-7,11H2,1-2H3,(H,12,16). The van der Waals surface area contributed by atoms with Gasteiger partial charge in [-0.15, -0.1) is 10.2 Å². The van der Waals surface area contributed by atoms with Gasteiger partial charge in [-0.2, -0.15) is 0 Å². The van der Waals surface area contributed by atoms with Gasteiger partial charge in [-0.1, -0.05) is 11.8 Å². The van der Waals surface area contributed by atoms with E-state index >= 15 is 0 Å². The van der Waals surface area contributed by atoms with Gasteiger partial charge in [0.2, 0.25) is 5.91 Å². The van der Waals surface area contributed by atoms with Gasteiger partial charge in [0.25, 0.3) is 0 Å². The molecule has 1 heterocycles. The molecule has 1 aromatic rings. The molecule has 1 amide bonds. The van der Waals surface area contributed by atoms with Crippen LogP contribution in [0, 0.1) is 0 Å². The average Bonchev–Trinajstić information content (AvgIpc) is 2.76. The number of amides is 1. The normalized spacial score (nSPS) is 10.5. The molecule has 17 heavy (non-hydrogen) atoms. The molecule has 7 heteroatoms. The molecule has 96 valence electrons. The van der Waals surface area contributed by atoms with Gasteiger partial charge in [-0.3, -0.25) is 4.79 Å².